The number of piperazine rings is 1. The molecule has 0 spiro atoms. The summed E-state index contributed by atoms with van der Waals surface area (Å²) < 4.78 is 0. The number of likely N-dealkylation sites (N-methyl/N-ethyl adjacent to an activating group) is 1. The summed E-state index contributed by atoms with van der Waals surface area (Å²) in [5.41, 5.74) is 2.52. The van der Waals surface area contributed by atoms with E-state index in [4.69, 9.17) is 0 Å². The van der Waals surface area contributed by atoms with Crippen LogP contribution in [-0.2, 0) is 17.6 Å². The summed E-state index contributed by atoms with van der Waals surface area (Å²) in [6, 6.07) is 8.25. The molecule has 4 heteroatoms. The Balaban J connectivity index is 1.61. The molecule has 1 aliphatic heterocycles. The Bertz CT molecular complexity index is 509. The zero-order valence-corrected chi connectivity index (χ0v) is 12.7. The van der Waals surface area contributed by atoms with Crippen LogP contribution >= 0.6 is 0 Å². The lowest BCUT2D eigenvalue weighted by Gasteiger charge is -2.35. The van der Waals surface area contributed by atoms with Crippen molar-refractivity contribution in [1.29, 1.82) is 0 Å². The third kappa shape index (κ3) is 3.27. The zero-order chi connectivity index (χ0) is 14.8. The van der Waals surface area contributed by atoms with E-state index in [0.29, 0.717) is 12.8 Å². The van der Waals surface area contributed by atoms with Gasteiger partial charge in [0.25, 0.3) is 0 Å². The molecule has 2 aliphatic rings. The van der Waals surface area contributed by atoms with Crippen LogP contribution in [0.3, 0.4) is 0 Å². The van der Waals surface area contributed by atoms with E-state index in [-0.39, 0.29) is 11.8 Å². The fraction of sp³-hybridized carbons (Fsp3) is 0.588. The van der Waals surface area contributed by atoms with Crippen LogP contribution < -0.4 is 0 Å². The van der Waals surface area contributed by atoms with Gasteiger partial charge in [0.15, 0.2) is 0 Å². The van der Waals surface area contributed by atoms with Crippen LogP contribution in [-0.4, -0.2) is 60.1 Å². The first-order chi connectivity index (χ1) is 10.1. The summed E-state index contributed by atoms with van der Waals surface area (Å²) in [6.45, 7) is 3.52. The molecule has 114 valence electrons. The number of hydrogen-bond acceptors (Lipinski definition) is 3. The lowest BCUT2D eigenvalue weighted by Crippen LogP contribution is -2.48. The van der Waals surface area contributed by atoms with E-state index in [9.17, 15) is 9.90 Å². The van der Waals surface area contributed by atoms with Gasteiger partial charge < -0.3 is 14.9 Å². The van der Waals surface area contributed by atoms with Crippen LogP contribution in [0.5, 0.6) is 0 Å². The van der Waals surface area contributed by atoms with Gasteiger partial charge in [0.2, 0.25) is 5.91 Å². The lowest BCUT2D eigenvalue weighted by atomic mass is 9.80. The van der Waals surface area contributed by atoms with Crippen LogP contribution in [0.25, 0.3) is 0 Å². The van der Waals surface area contributed by atoms with Crippen LogP contribution in [0.4, 0.5) is 0 Å². The summed E-state index contributed by atoms with van der Waals surface area (Å²) in [5.74, 6) is 0.263. The van der Waals surface area contributed by atoms with E-state index in [0.717, 1.165) is 32.6 Å². The van der Waals surface area contributed by atoms with E-state index in [1.54, 1.807) is 0 Å². The number of hydrogen-bond donors (Lipinski definition) is 1. The van der Waals surface area contributed by atoms with Crippen LogP contribution in [0.2, 0.25) is 0 Å². The van der Waals surface area contributed by atoms with Gasteiger partial charge in [0.1, 0.15) is 0 Å². The van der Waals surface area contributed by atoms with Gasteiger partial charge in [-0.05, 0) is 36.9 Å². The third-order valence-electron chi connectivity index (χ3n) is 4.87. The molecule has 4 nitrogen and oxygen atoms in total. The maximum Gasteiger partial charge on any atom is 0.223 e. The summed E-state index contributed by atoms with van der Waals surface area (Å²) in [6.07, 6.45) is 1.57. The Kier molecular flexibility index (Phi) is 4.27. The number of amides is 1. The number of benzene rings is 1. The van der Waals surface area contributed by atoms with E-state index >= 15 is 0 Å². The Labute approximate surface area is 126 Å². The van der Waals surface area contributed by atoms with Gasteiger partial charge in [-0.25, -0.2) is 0 Å². The molecule has 0 saturated carbocycles. The van der Waals surface area contributed by atoms with Gasteiger partial charge in [-0.3, -0.25) is 4.79 Å². The Morgan fingerprint density at radius 3 is 2.43 bits per heavy atom. The highest BCUT2D eigenvalue weighted by Gasteiger charge is 2.30. The molecular weight excluding hydrogens is 264 g/mol. The number of nitrogens with zero attached hydrogens (tertiary/aromatic N) is 2. The van der Waals surface area contributed by atoms with Crippen molar-refractivity contribution in [1.82, 2.24) is 9.80 Å². The van der Waals surface area contributed by atoms with E-state index in [1.807, 2.05) is 17.0 Å². The first-order valence-electron chi connectivity index (χ1n) is 7.84. The molecule has 1 aromatic carbocycles. The van der Waals surface area contributed by atoms with Gasteiger partial charge in [0.05, 0.1) is 6.10 Å². The lowest BCUT2D eigenvalue weighted by molar-refractivity contribution is -0.134. The quantitative estimate of drug-likeness (QED) is 0.880. The predicted molar refractivity (Wildman–Crippen MR) is 82.0 cm³/mol. The van der Waals surface area contributed by atoms with Gasteiger partial charge in [-0.2, -0.15) is 0 Å². The summed E-state index contributed by atoms with van der Waals surface area (Å²) in [5, 5.41) is 10.3. The molecule has 2 unspecified atom stereocenters. The normalized spacial score (nSPS) is 26.5. The largest absolute Gasteiger partial charge is 0.392 e. The van der Waals surface area contributed by atoms with Crippen LogP contribution in [0.1, 0.15) is 17.5 Å². The molecule has 1 amide bonds. The van der Waals surface area contributed by atoms with Crippen molar-refractivity contribution in [3.63, 3.8) is 0 Å². The smallest absolute Gasteiger partial charge is 0.223 e. The minimum atomic E-state index is -0.392. The fourth-order valence-corrected chi connectivity index (χ4v) is 3.38. The van der Waals surface area contributed by atoms with Gasteiger partial charge in [0, 0.05) is 32.6 Å². The maximum absolute atomic E-state index is 12.4. The van der Waals surface area contributed by atoms with Crippen molar-refractivity contribution in [3.8, 4) is 0 Å². The second kappa shape index (κ2) is 6.16. The number of rotatable bonds is 2. The van der Waals surface area contributed by atoms with Crippen LogP contribution in [0.15, 0.2) is 24.3 Å². The van der Waals surface area contributed by atoms with Gasteiger partial charge >= 0.3 is 0 Å². The van der Waals surface area contributed by atoms with Crippen LogP contribution in [0, 0.1) is 5.92 Å². The number of carbonyl (C=O) groups is 1. The average molecular weight is 288 g/mol. The minimum absolute atomic E-state index is 0.0621. The molecule has 0 bridgehead atoms. The molecule has 1 N–H and O–H groups in total. The van der Waals surface area contributed by atoms with Crippen molar-refractivity contribution in [2.45, 2.75) is 25.4 Å². The summed E-state index contributed by atoms with van der Waals surface area (Å²) in [7, 11) is 2.09. The second-order valence-corrected chi connectivity index (χ2v) is 6.39. The molecule has 1 saturated heterocycles. The molecule has 0 radical (unpaired) electrons. The van der Waals surface area contributed by atoms with E-state index in [1.165, 1.54) is 11.1 Å². The van der Waals surface area contributed by atoms with E-state index < -0.39 is 6.10 Å². The Morgan fingerprint density at radius 2 is 1.76 bits per heavy atom. The Morgan fingerprint density at radius 1 is 1.14 bits per heavy atom. The topological polar surface area (TPSA) is 43.8 Å². The van der Waals surface area contributed by atoms with E-state index in [2.05, 4.69) is 24.1 Å². The molecule has 21 heavy (non-hydrogen) atoms. The predicted octanol–water partition coefficient (Wildman–Crippen LogP) is 0.926. The average Bonchev–Trinajstić information content (AvgIpc) is 2.48. The highest BCUT2D eigenvalue weighted by molar-refractivity contribution is 5.76. The molecular formula is C17H24N2O2. The van der Waals surface area contributed by atoms with Gasteiger partial charge in [-0.1, -0.05) is 24.3 Å². The van der Waals surface area contributed by atoms with Crippen molar-refractivity contribution in [3.05, 3.63) is 35.4 Å². The molecule has 3 rings (SSSR count). The molecule has 1 aliphatic carbocycles. The van der Waals surface area contributed by atoms with Crippen molar-refractivity contribution < 1.29 is 9.90 Å². The standard InChI is InChI=1S/C17H24N2O2/c1-18-6-8-19(9-7-18)17(21)12-15-10-13-4-2-3-5-14(13)11-16(15)20/h2-5,15-16,20H,6-12H2,1H3. The number of carbonyl (C=O) groups excluding carboxylic acids is 1. The third-order valence-corrected chi connectivity index (χ3v) is 4.87. The minimum Gasteiger partial charge on any atom is -0.392 e. The van der Waals surface area contributed by atoms with Crippen molar-refractivity contribution in [2.24, 2.45) is 5.92 Å². The number of aliphatic hydroxyl groups excluding tert-OH is 1. The maximum atomic E-state index is 12.4. The second-order valence-electron chi connectivity index (χ2n) is 6.39. The fourth-order valence-electron chi connectivity index (χ4n) is 3.38. The first kappa shape index (κ1) is 14.5. The molecule has 0 aromatic heterocycles. The number of aliphatic hydroxyl groups is 1. The summed E-state index contributed by atoms with van der Waals surface area (Å²) in [4.78, 5) is 16.6. The molecule has 1 aromatic rings. The molecule has 1 fully saturated rings. The summed E-state index contributed by atoms with van der Waals surface area (Å²) >= 11 is 0. The SMILES string of the molecule is CN1CCN(C(=O)CC2Cc3ccccc3CC2O)CC1. The first-order valence-corrected chi connectivity index (χ1v) is 7.84. The van der Waals surface area contributed by atoms with Crippen molar-refractivity contribution in [2.75, 3.05) is 33.2 Å². The van der Waals surface area contributed by atoms with Crippen molar-refractivity contribution >= 4 is 5.91 Å². The molecule has 1 heterocycles. The Hall–Kier alpha value is -1.39. The van der Waals surface area contributed by atoms with Gasteiger partial charge in [-0.15, -0.1) is 0 Å². The highest BCUT2D eigenvalue weighted by Crippen LogP contribution is 2.28. The zero-order valence-electron chi connectivity index (χ0n) is 12.7. The number of fused-ring (bicyclic) bond motifs is 1. The monoisotopic (exact) mass is 288 g/mol. The molecule has 2 atom stereocenters. The highest BCUT2D eigenvalue weighted by atomic mass is 16.3.